The van der Waals surface area contributed by atoms with Gasteiger partial charge in [-0.1, -0.05) is 46.7 Å². The van der Waals surface area contributed by atoms with Crippen LogP contribution in [0.3, 0.4) is 0 Å². The van der Waals surface area contributed by atoms with Crippen molar-refractivity contribution < 1.29 is 18.8 Å². The summed E-state index contributed by atoms with van der Waals surface area (Å²) < 4.78 is 16.1. The first-order valence-electron chi connectivity index (χ1n) is 9.84. The average molecular weight is 446 g/mol. The van der Waals surface area contributed by atoms with Gasteiger partial charge in [0, 0.05) is 23.5 Å². The van der Waals surface area contributed by atoms with Crippen LogP contribution >= 0.6 is 11.8 Å². The molecule has 3 heterocycles. The van der Waals surface area contributed by atoms with Gasteiger partial charge in [-0.15, -0.1) is 0 Å². The Bertz CT molecular complexity index is 1270. The summed E-state index contributed by atoms with van der Waals surface area (Å²) in [6, 6.07) is 16.8. The van der Waals surface area contributed by atoms with Gasteiger partial charge in [-0.3, -0.25) is 4.79 Å². The molecule has 32 heavy (non-hydrogen) atoms. The van der Waals surface area contributed by atoms with Crippen LogP contribution in [0.4, 0.5) is 5.69 Å². The van der Waals surface area contributed by atoms with E-state index in [4.69, 9.17) is 14.0 Å². The van der Waals surface area contributed by atoms with Crippen molar-refractivity contribution in [3.8, 4) is 34.3 Å². The smallest absolute Gasteiger partial charge is 0.260 e. The second-order valence-electron chi connectivity index (χ2n) is 7.05. The zero-order valence-corrected chi connectivity index (χ0v) is 17.9. The van der Waals surface area contributed by atoms with Gasteiger partial charge in [-0.05, 0) is 31.2 Å². The fourth-order valence-corrected chi connectivity index (χ4v) is 3.91. The highest BCUT2D eigenvalue weighted by atomic mass is 32.2. The summed E-state index contributed by atoms with van der Waals surface area (Å²) in [5, 5.41) is 7.58. The molecular weight excluding hydrogens is 428 g/mol. The minimum Gasteiger partial charge on any atom is -0.454 e. The summed E-state index contributed by atoms with van der Waals surface area (Å²) in [7, 11) is 0. The van der Waals surface area contributed by atoms with Gasteiger partial charge in [-0.25, -0.2) is 4.98 Å². The van der Waals surface area contributed by atoms with Crippen molar-refractivity contribution in [1.82, 2.24) is 15.1 Å². The maximum absolute atomic E-state index is 12.5. The van der Waals surface area contributed by atoms with E-state index in [0.29, 0.717) is 39.5 Å². The Morgan fingerprint density at radius 1 is 1.09 bits per heavy atom. The van der Waals surface area contributed by atoms with E-state index in [1.165, 1.54) is 11.8 Å². The van der Waals surface area contributed by atoms with Crippen LogP contribution in [0, 0.1) is 6.92 Å². The van der Waals surface area contributed by atoms with Gasteiger partial charge in [0.2, 0.25) is 18.5 Å². The molecule has 0 bridgehead atoms. The third-order valence-corrected chi connectivity index (χ3v) is 5.74. The SMILES string of the molecule is Cc1ccc(-c2noc(-c3cccnc3SCC(=O)Nc3ccc4c(c3)OCO4)n2)cc1. The predicted octanol–water partition coefficient (Wildman–Crippen LogP) is 4.57. The number of thioether (sulfide) groups is 1. The van der Waals surface area contributed by atoms with Crippen LogP contribution in [0.5, 0.6) is 11.5 Å². The molecule has 0 radical (unpaired) electrons. The van der Waals surface area contributed by atoms with Crippen LogP contribution < -0.4 is 14.8 Å². The number of nitrogens with zero attached hydrogens (tertiary/aromatic N) is 3. The van der Waals surface area contributed by atoms with E-state index >= 15 is 0 Å². The Morgan fingerprint density at radius 2 is 1.94 bits per heavy atom. The first kappa shape index (κ1) is 20.1. The molecule has 4 aromatic rings. The van der Waals surface area contributed by atoms with E-state index in [1.807, 2.05) is 37.3 Å². The first-order chi connectivity index (χ1) is 15.7. The molecule has 2 aromatic carbocycles. The fourth-order valence-electron chi connectivity index (χ4n) is 3.13. The summed E-state index contributed by atoms with van der Waals surface area (Å²) in [5.41, 5.74) is 3.34. The number of hydrogen-bond acceptors (Lipinski definition) is 8. The molecule has 1 N–H and O–H groups in total. The normalized spacial score (nSPS) is 12.0. The zero-order valence-electron chi connectivity index (χ0n) is 17.1. The number of nitrogens with one attached hydrogen (secondary N) is 1. The summed E-state index contributed by atoms with van der Waals surface area (Å²) >= 11 is 1.29. The Hall–Kier alpha value is -3.85. The molecule has 160 valence electrons. The van der Waals surface area contributed by atoms with Gasteiger partial charge >= 0.3 is 0 Å². The molecule has 9 heteroatoms. The number of carbonyl (C=O) groups is 1. The lowest BCUT2D eigenvalue weighted by atomic mass is 10.1. The van der Waals surface area contributed by atoms with Gasteiger partial charge in [0.1, 0.15) is 5.03 Å². The highest BCUT2D eigenvalue weighted by Crippen LogP contribution is 2.34. The molecule has 0 fully saturated rings. The number of carbonyl (C=O) groups excluding carboxylic acids is 1. The van der Waals surface area contributed by atoms with Crippen molar-refractivity contribution in [2.45, 2.75) is 11.9 Å². The lowest BCUT2D eigenvalue weighted by Gasteiger charge is -2.07. The van der Waals surface area contributed by atoms with Crippen LogP contribution in [0.2, 0.25) is 0 Å². The van der Waals surface area contributed by atoms with E-state index in [-0.39, 0.29) is 18.5 Å². The molecule has 0 saturated carbocycles. The first-order valence-corrected chi connectivity index (χ1v) is 10.8. The largest absolute Gasteiger partial charge is 0.454 e. The van der Waals surface area contributed by atoms with E-state index in [1.54, 1.807) is 30.5 Å². The van der Waals surface area contributed by atoms with Gasteiger partial charge in [0.15, 0.2) is 11.5 Å². The van der Waals surface area contributed by atoms with Crippen molar-refractivity contribution in [2.24, 2.45) is 0 Å². The maximum atomic E-state index is 12.5. The second-order valence-corrected chi connectivity index (χ2v) is 8.01. The molecule has 0 spiro atoms. The highest BCUT2D eigenvalue weighted by molar-refractivity contribution is 8.00. The third kappa shape index (κ3) is 4.28. The number of amides is 1. The zero-order chi connectivity index (χ0) is 21.9. The third-order valence-electron chi connectivity index (χ3n) is 4.73. The van der Waals surface area contributed by atoms with Crippen molar-refractivity contribution >= 4 is 23.4 Å². The van der Waals surface area contributed by atoms with E-state index in [0.717, 1.165) is 11.1 Å². The Balaban J connectivity index is 1.28. The molecule has 1 aliphatic rings. The summed E-state index contributed by atoms with van der Waals surface area (Å²) in [4.78, 5) is 21.4. The maximum Gasteiger partial charge on any atom is 0.260 e. The average Bonchev–Trinajstić information content (AvgIpc) is 3.48. The number of benzene rings is 2. The number of pyridine rings is 1. The van der Waals surface area contributed by atoms with Gasteiger partial charge in [-0.2, -0.15) is 4.98 Å². The van der Waals surface area contributed by atoms with Crippen molar-refractivity contribution in [3.05, 3.63) is 66.4 Å². The Morgan fingerprint density at radius 3 is 2.81 bits per heavy atom. The number of aromatic nitrogens is 3. The van der Waals surface area contributed by atoms with E-state index in [2.05, 4.69) is 20.4 Å². The molecule has 5 rings (SSSR count). The highest BCUT2D eigenvalue weighted by Gasteiger charge is 2.17. The fraction of sp³-hybridized carbons (Fsp3) is 0.130. The second kappa shape index (κ2) is 8.72. The summed E-state index contributed by atoms with van der Waals surface area (Å²) in [6.45, 7) is 2.21. The number of fused-ring (bicyclic) bond motifs is 1. The minimum absolute atomic E-state index is 0.164. The van der Waals surface area contributed by atoms with Crippen molar-refractivity contribution in [2.75, 3.05) is 17.9 Å². The van der Waals surface area contributed by atoms with E-state index in [9.17, 15) is 4.79 Å². The van der Waals surface area contributed by atoms with Crippen molar-refractivity contribution in [3.63, 3.8) is 0 Å². The standard InChI is InChI=1S/C23H18N4O4S/c1-14-4-6-15(7-5-14)21-26-22(31-27-21)17-3-2-10-24-23(17)32-12-20(28)25-16-8-9-18-19(11-16)30-13-29-18/h2-11H,12-13H2,1H3,(H,25,28). The van der Waals surface area contributed by atoms with Gasteiger partial charge in [0.05, 0.1) is 11.3 Å². The topological polar surface area (TPSA) is 99.4 Å². The molecule has 1 aliphatic heterocycles. The molecule has 2 aromatic heterocycles. The quantitative estimate of drug-likeness (QED) is 0.430. The number of anilines is 1. The number of rotatable bonds is 6. The summed E-state index contributed by atoms with van der Waals surface area (Å²) in [5.74, 6) is 2.13. The number of hydrogen-bond donors (Lipinski definition) is 1. The molecule has 0 saturated heterocycles. The molecule has 1 amide bonds. The van der Waals surface area contributed by atoms with Crippen LogP contribution in [-0.4, -0.2) is 33.6 Å². The van der Waals surface area contributed by atoms with Gasteiger partial charge in [0.25, 0.3) is 5.89 Å². The molecule has 0 unspecified atom stereocenters. The van der Waals surface area contributed by atoms with Crippen LogP contribution in [0.15, 0.2) is 70.3 Å². The van der Waals surface area contributed by atoms with E-state index < -0.39 is 0 Å². The molecule has 8 nitrogen and oxygen atoms in total. The lowest BCUT2D eigenvalue weighted by molar-refractivity contribution is -0.113. The Labute approximate surface area is 188 Å². The monoisotopic (exact) mass is 446 g/mol. The lowest BCUT2D eigenvalue weighted by Crippen LogP contribution is -2.14. The summed E-state index contributed by atoms with van der Waals surface area (Å²) in [6.07, 6.45) is 1.67. The predicted molar refractivity (Wildman–Crippen MR) is 120 cm³/mol. The number of aryl methyl sites for hydroxylation is 1. The van der Waals surface area contributed by atoms with Crippen LogP contribution in [0.1, 0.15) is 5.56 Å². The Kier molecular flexibility index (Phi) is 5.47. The van der Waals surface area contributed by atoms with Crippen LogP contribution in [-0.2, 0) is 4.79 Å². The van der Waals surface area contributed by atoms with Crippen molar-refractivity contribution in [1.29, 1.82) is 0 Å². The molecular formula is C23H18N4O4S. The minimum atomic E-state index is -0.170. The molecule has 0 aliphatic carbocycles. The van der Waals surface area contributed by atoms with Crippen LogP contribution in [0.25, 0.3) is 22.8 Å². The van der Waals surface area contributed by atoms with Gasteiger partial charge < -0.3 is 19.3 Å². The number of ether oxygens (including phenoxy) is 2. The molecule has 0 atom stereocenters.